The van der Waals surface area contributed by atoms with Crippen molar-refractivity contribution in [3.05, 3.63) is 53.6 Å². The lowest BCUT2D eigenvalue weighted by molar-refractivity contribution is 0.102. The van der Waals surface area contributed by atoms with Gasteiger partial charge in [0.25, 0.3) is 5.91 Å². The number of nitrogens with one attached hydrogen (secondary N) is 1. The van der Waals surface area contributed by atoms with Crippen LogP contribution in [0.25, 0.3) is 10.9 Å². The second kappa shape index (κ2) is 5.52. The Labute approximate surface area is 128 Å². The van der Waals surface area contributed by atoms with Crippen LogP contribution in [0, 0.1) is 6.92 Å². The largest absolute Gasteiger partial charge is 0.481 e. The first-order valence-electron chi connectivity index (χ1n) is 6.97. The van der Waals surface area contributed by atoms with Crippen molar-refractivity contribution in [3.8, 4) is 5.88 Å². The Morgan fingerprint density at radius 3 is 2.59 bits per heavy atom. The molecule has 1 N–H and O–H groups in total. The van der Waals surface area contributed by atoms with Crippen molar-refractivity contribution in [3.63, 3.8) is 0 Å². The molecule has 0 bridgehead atoms. The Morgan fingerprint density at radius 2 is 1.91 bits per heavy atom. The highest BCUT2D eigenvalue weighted by Gasteiger charge is 2.12. The van der Waals surface area contributed by atoms with Gasteiger partial charge >= 0.3 is 0 Å². The van der Waals surface area contributed by atoms with Gasteiger partial charge < -0.3 is 10.1 Å². The molecular weight excluding hydrogens is 278 g/mol. The third kappa shape index (κ3) is 2.53. The zero-order valence-corrected chi connectivity index (χ0v) is 12.8. The predicted octanol–water partition coefficient (Wildman–Crippen LogP) is 3.14. The molecule has 0 atom stereocenters. The van der Waals surface area contributed by atoms with Gasteiger partial charge in [0.1, 0.15) is 0 Å². The molecule has 0 spiro atoms. The number of aryl methyl sites for hydroxylation is 2. The summed E-state index contributed by atoms with van der Waals surface area (Å²) < 4.78 is 6.96. The number of hydrogen-bond acceptors (Lipinski definition) is 3. The van der Waals surface area contributed by atoms with Gasteiger partial charge in [-0.25, -0.2) is 4.68 Å². The maximum atomic E-state index is 12.3. The minimum absolute atomic E-state index is 0.157. The number of carbonyl (C=O) groups is 1. The van der Waals surface area contributed by atoms with Gasteiger partial charge in [-0.15, -0.1) is 0 Å². The molecule has 22 heavy (non-hydrogen) atoms. The van der Waals surface area contributed by atoms with E-state index in [2.05, 4.69) is 10.4 Å². The number of amides is 1. The molecule has 1 amide bonds. The first kappa shape index (κ1) is 14.1. The lowest BCUT2D eigenvalue weighted by atomic mass is 10.1. The van der Waals surface area contributed by atoms with Gasteiger partial charge in [-0.3, -0.25) is 4.79 Å². The maximum Gasteiger partial charge on any atom is 0.255 e. The predicted molar refractivity (Wildman–Crippen MR) is 86.4 cm³/mol. The molecule has 0 fully saturated rings. The van der Waals surface area contributed by atoms with Gasteiger partial charge in [0.2, 0.25) is 5.88 Å². The fourth-order valence-corrected chi connectivity index (χ4v) is 2.40. The van der Waals surface area contributed by atoms with Gasteiger partial charge in [-0.05, 0) is 37.3 Å². The fraction of sp³-hybridized carbons (Fsp3) is 0.176. The standard InChI is InChI=1S/C17H17N3O2/c1-11-4-7-13(8-5-11)18-16(21)12-6-9-14-15(10-12)19-20(2)17(14)22-3/h4-10H,1-3H3,(H,18,21). The molecule has 5 nitrogen and oxygen atoms in total. The molecule has 3 aromatic rings. The van der Waals surface area contributed by atoms with Crippen molar-refractivity contribution in [2.45, 2.75) is 6.92 Å². The Hall–Kier alpha value is -2.82. The number of aromatic nitrogens is 2. The lowest BCUT2D eigenvalue weighted by Gasteiger charge is -2.05. The summed E-state index contributed by atoms with van der Waals surface area (Å²) in [6.07, 6.45) is 0. The van der Waals surface area contributed by atoms with E-state index in [1.54, 1.807) is 23.9 Å². The van der Waals surface area contributed by atoms with E-state index in [0.717, 1.165) is 22.2 Å². The highest BCUT2D eigenvalue weighted by Crippen LogP contribution is 2.25. The Balaban J connectivity index is 1.89. The molecule has 5 heteroatoms. The average Bonchev–Trinajstić information content (AvgIpc) is 2.83. The van der Waals surface area contributed by atoms with Crippen molar-refractivity contribution >= 4 is 22.5 Å². The number of fused-ring (bicyclic) bond motifs is 1. The number of rotatable bonds is 3. The van der Waals surface area contributed by atoms with E-state index in [4.69, 9.17) is 4.74 Å². The van der Waals surface area contributed by atoms with Crippen molar-refractivity contribution < 1.29 is 9.53 Å². The van der Waals surface area contributed by atoms with Crippen LogP contribution in [0.5, 0.6) is 5.88 Å². The van der Waals surface area contributed by atoms with Gasteiger partial charge in [-0.2, -0.15) is 5.10 Å². The second-order valence-corrected chi connectivity index (χ2v) is 5.18. The van der Waals surface area contributed by atoms with Gasteiger partial charge in [0, 0.05) is 18.3 Å². The maximum absolute atomic E-state index is 12.3. The summed E-state index contributed by atoms with van der Waals surface area (Å²) in [6, 6.07) is 13.1. The molecule has 0 unspecified atom stereocenters. The first-order valence-corrected chi connectivity index (χ1v) is 6.97. The Kier molecular flexibility index (Phi) is 3.55. The van der Waals surface area contributed by atoms with E-state index in [1.165, 1.54) is 0 Å². The molecule has 0 aliphatic carbocycles. The van der Waals surface area contributed by atoms with Crippen LogP contribution in [0.1, 0.15) is 15.9 Å². The van der Waals surface area contributed by atoms with Crippen molar-refractivity contribution in [1.29, 1.82) is 0 Å². The van der Waals surface area contributed by atoms with Crippen LogP contribution >= 0.6 is 0 Å². The number of carbonyl (C=O) groups excluding carboxylic acids is 1. The van der Waals surface area contributed by atoms with E-state index < -0.39 is 0 Å². The van der Waals surface area contributed by atoms with Crippen LogP contribution in [0.3, 0.4) is 0 Å². The van der Waals surface area contributed by atoms with Crippen LogP contribution in [0.4, 0.5) is 5.69 Å². The molecule has 0 radical (unpaired) electrons. The van der Waals surface area contributed by atoms with Crippen LogP contribution in [-0.4, -0.2) is 22.8 Å². The Morgan fingerprint density at radius 1 is 1.18 bits per heavy atom. The molecule has 0 saturated heterocycles. The number of benzene rings is 2. The van der Waals surface area contributed by atoms with Crippen LogP contribution < -0.4 is 10.1 Å². The summed E-state index contributed by atoms with van der Waals surface area (Å²) in [6.45, 7) is 2.01. The van der Waals surface area contributed by atoms with Crippen molar-refractivity contribution in [2.24, 2.45) is 7.05 Å². The van der Waals surface area contributed by atoms with Crippen LogP contribution in [-0.2, 0) is 7.05 Å². The van der Waals surface area contributed by atoms with E-state index in [-0.39, 0.29) is 5.91 Å². The number of anilines is 1. The molecule has 0 saturated carbocycles. The smallest absolute Gasteiger partial charge is 0.255 e. The summed E-state index contributed by atoms with van der Waals surface area (Å²) in [7, 11) is 3.42. The summed E-state index contributed by atoms with van der Waals surface area (Å²) in [5.41, 5.74) is 3.22. The van der Waals surface area contributed by atoms with Gasteiger partial charge in [0.05, 0.1) is 18.0 Å². The van der Waals surface area contributed by atoms with Crippen molar-refractivity contribution in [1.82, 2.24) is 9.78 Å². The topological polar surface area (TPSA) is 56.1 Å². The quantitative estimate of drug-likeness (QED) is 0.807. The summed E-state index contributed by atoms with van der Waals surface area (Å²) in [5, 5.41) is 8.12. The molecular formula is C17H17N3O2. The van der Waals surface area contributed by atoms with E-state index in [0.29, 0.717) is 11.4 Å². The molecule has 0 aliphatic heterocycles. The lowest BCUT2D eigenvalue weighted by Crippen LogP contribution is -2.11. The van der Waals surface area contributed by atoms with E-state index in [1.807, 2.05) is 44.3 Å². The Bertz CT molecular complexity index is 835. The molecule has 1 aromatic heterocycles. The third-order valence-corrected chi connectivity index (χ3v) is 3.54. The van der Waals surface area contributed by atoms with Crippen molar-refractivity contribution in [2.75, 3.05) is 12.4 Å². The fourth-order valence-electron chi connectivity index (χ4n) is 2.40. The molecule has 2 aromatic carbocycles. The normalized spacial score (nSPS) is 10.7. The molecule has 1 heterocycles. The van der Waals surface area contributed by atoms with E-state index >= 15 is 0 Å². The number of methoxy groups -OCH3 is 1. The average molecular weight is 295 g/mol. The zero-order valence-electron chi connectivity index (χ0n) is 12.8. The summed E-state index contributed by atoms with van der Waals surface area (Å²) >= 11 is 0. The molecule has 0 aliphatic rings. The number of nitrogens with zero attached hydrogens (tertiary/aromatic N) is 2. The summed E-state index contributed by atoms with van der Waals surface area (Å²) in [4.78, 5) is 12.3. The van der Waals surface area contributed by atoms with Crippen LogP contribution in [0.15, 0.2) is 42.5 Å². The van der Waals surface area contributed by atoms with Gasteiger partial charge in [0.15, 0.2) is 0 Å². The summed E-state index contributed by atoms with van der Waals surface area (Å²) in [5.74, 6) is 0.524. The zero-order chi connectivity index (χ0) is 15.7. The highest BCUT2D eigenvalue weighted by molar-refractivity contribution is 6.06. The number of ether oxygens (including phenoxy) is 1. The third-order valence-electron chi connectivity index (χ3n) is 3.54. The van der Waals surface area contributed by atoms with E-state index in [9.17, 15) is 4.79 Å². The minimum atomic E-state index is -0.157. The SMILES string of the molecule is COc1c2ccc(C(=O)Nc3ccc(C)cc3)cc2nn1C. The minimum Gasteiger partial charge on any atom is -0.481 e. The molecule has 3 rings (SSSR count). The monoisotopic (exact) mass is 295 g/mol. The second-order valence-electron chi connectivity index (χ2n) is 5.18. The highest BCUT2D eigenvalue weighted by atomic mass is 16.5. The number of hydrogen-bond donors (Lipinski definition) is 1. The first-order chi connectivity index (χ1) is 10.6. The van der Waals surface area contributed by atoms with Gasteiger partial charge in [-0.1, -0.05) is 17.7 Å². The molecule has 112 valence electrons. The van der Waals surface area contributed by atoms with Crippen LogP contribution in [0.2, 0.25) is 0 Å².